The first-order valence-corrected chi connectivity index (χ1v) is 19.4. The van der Waals surface area contributed by atoms with Crippen LogP contribution in [0.2, 0.25) is 0 Å². The van der Waals surface area contributed by atoms with Crippen molar-refractivity contribution < 1.29 is 0 Å². The Morgan fingerprint density at radius 2 is 1.02 bits per heavy atom. The van der Waals surface area contributed by atoms with Gasteiger partial charge >= 0.3 is 6.43 Å². The summed E-state index contributed by atoms with van der Waals surface area (Å²) in [6, 6.07) is 48.1. The summed E-state index contributed by atoms with van der Waals surface area (Å²) in [5.74, 6) is 0.684. The number of fused-ring (bicyclic) bond motifs is 3. The lowest BCUT2D eigenvalue weighted by atomic mass is 9.61. The van der Waals surface area contributed by atoms with Crippen LogP contribution in [-0.2, 0) is 0 Å². The first-order chi connectivity index (χ1) is 21.5. The van der Waals surface area contributed by atoms with Crippen LogP contribution in [0.3, 0.4) is 0 Å². The Morgan fingerprint density at radius 3 is 1.55 bits per heavy atom. The summed E-state index contributed by atoms with van der Waals surface area (Å²) in [5.41, 5.74) is 7.57. The molecule has 44 heavy (non-hydrogen) atoms. The molecule has 6 aromatic carbocycles. The van der Waals surface area contributed by atoms with E-state index in [4.69, 9.17) is 0 Å². The molecule has 1 aliphatic carbocycles. The molecule has 0 aromatic heterocycles. The zero-order valence-electron chi connectivity index (χ0n) is 26.5. The van der Waals surface area contributed by atoms with Crippen LogP contribution in [-0.4, -0.2) is 25.9 Å². The van der Waals surface area contributed by atoms with Crippen molar-refractivity contribution in [3.8, 4) is 0 Å². The fourth-order valence-electron chi connectivity index (χ4n) is 7.90. The van der Waals surface area contributed by atoms with Crippen molar-refractivity contribution in [2.75, 3.05) is 19.5 Å². The molecule has 0 spiro atoms. The highest BCUT2D eigenvalue weighted by Crippen LogP contribution is 2.57. The summed E-state index contributed by atoms with van der Waals surface area (Å²) in [6.07, 6.45) is 8.33. The summed E-state index contributed by atoms with van der Waals surface area (Å²) in [5, 5.41) is 7.98. The van der Waals surface area contributed by atoms with Crippen LogP contribution in [0.15, 0.2) is 133 Å². The van der Waals surface area contributed by atoms with Gasteiger partial charge in [-0.25, -0.2) is 0 Å². The van der Waals surface area contributed by atoms with Crippen molar-refractivity contribution in [2.24, 2.45) is 5.92 Å². The minimum absolute atomic E-state index is 0.375. The molecular formula is C42H43BP+. The van der Waals surface area contributed by atoms with Gasteiger partial charge in [0.15, 0.2) is 0 Å². The molecule has 0 atom stereocenters. The molecule has 6 aromatic rings. The Balaban J connectivity index is 1.36. The number of allylic oxidation sites excluding steroid dienone is 2. The number of rotatable bonds is 7. The average molecular weight is 590 g/mol. The lowest BCUT2D eigenvalue weighted by Crippen LogP contribution is -2.45. The molecule has 7 rings (SSSR count). The molecule has 218 valence electrons. The third-order valence-corrected chi connectivity index (χ3v) is 13.4. The highest BCUT2D eigenvalue weighted by Gasteiger charge is 2.46. The largest absolute Gasteiger partial charge is 0.407 e. The monoisotopic (exact) mass is 589 g/mol. The zero-order valence-corrected chi connectivity index (χ0v) is 27.4. The van der Waals surface area contributed by atoms with E-state index in [1.165, 1.54) is 92.6 Å². The van der Waals surface area contributed by atoms with Gasteiger partial charge in [-0.3, -0.25) is 0 Å². The van der Waals surface area contributed by atoms with E-state index in [0.717, 1.165) is 0 Å². The molecule has 0 N–H and O–H groups in total. The third-order valence-electron chi connectivity index (χ3n) is 10.2. The predicted octanol–water partition coefficient (Wildman–Crippen LogP) is 10.6. The average Bonchev–Trinajstić information content (AvgIpc) is 3.07. The molecule has 0 nitrogen and oxygen atoms in total. The Hall–Kier alpha value is -3.67. The first kappa shape index (κ1) is 29.1. The topological polar surface area (TPSA) is 0 Å². The van der Waals surface area contributed by atoms with Crippen LogP contribution in [0.1, 0.15) is 44.6 Å². The standard InChI is InChI=1S/C42H43BP/c1-31(36-22-21-32-13-7-10-18-37(32)27-36)42(35-16-5-4-6-17-35)30-44(2,3)43(40-25-23-33-14-8-11-19-38(33)28-40)41-26-24-34-15-9-12-20-39(34)29-41/h7-15,18-29,35H,4-6,16-17,30H2,1-3H3/q+1/b42-31-. The molecule has 1 saturated carbocycles. The van der Waals surface area contributed by atoms with Crippen molar-refractivity contribution in [2.45, 2.75) is 39.0 Å². The summed E-state index contributed by atoms with van der Waals surface area (Å²) < 4.78 is 0. The summed E-state index contributed by atoms with van der Waals surface area (Å²) in [6.45, 7) is 7.70. The molecule has 0 aliphatic heterocycles. The van der Waals surface area contributed by atoms with E-state index in [0.29, 0.717) is 12.4 Å². The van der Waals surface area contributed by atoms with Gasteiger partial charge < -0.3 is 0 Å². The molecular weight excluding hydrogens is 546 g/mol. The van der Waals surface area contributed by atoms with Gasteiger partial charge in [-0.15, -0.1) is 0 Å². The van der Waals surface area contributed by atoms with E-state index in [-0.39, 0.29) is 0 Å². The van der Waals surface area contributed by atoms with E-state index >= 15 is 0 Å². The SMILES string of the molecule is C/C(=C(\C[P+](C)(C)B(c1ccc2ccccc2c1)c1ccc2ccccc2c1)C1CCCCC1)c1ccc2ccccc2c1. The Morgan fingerprint density at radius 1 is 0.568 bits per heavy atom. The van der Waals surface area contributed by atoms with E-state index in [1.807, 2.05) is 0 Å². The molecule has 0 radical (unpaired) electrons. The van der Waals surface area contributed by atoms with Gasteiger partial charge in [0.25, 0.3) is 0 Å². The van der Waals surface area contributed by atoms with Gasteiger partial charge in [-0.2, -0.15) is 0 Å². The Kier molecular flexibility index (Phi) is 8.18. The third kappa shape index (κ3) is 5.88. The lowest BCUT2D eigenvalue weighted by molar-refractivity contribution is 0.404. The Labute approximate surface area is 264 Å². The van der Waals surface area contributed by atoms with Gasteiger partial charge in [-0.05, 0) is 98.8 Å². The summed E-state index contributed by atoms with van der Waals surface area (Å²) in [4.78, 5) is 0. The van der Waals surface area contributed by atoms with E-state index in [9.17, 15) is 0 Å². The fraction of sp³-hybridized carbons (Fsp3) is 0.238. The maximum Gasteiger partial charge on any atom is 0.407 e. The van der Waals surface area contributed by atoms with E-state index < -0.39 is 7.14 Å². The number of hydrogen-bond acceptors (Lipinski definition) is 0. The second-order valence-electron chi connectivity index (χ2n) is 13.6. The normalized spacial score (nSPS) is 15.1. The predicted molar refractivity (Wildman–Crippen MR) is 200 cm³/mol. The first-order valence-electron chi connectivity index (χ1n) is 16.5. The van der Waals surface area contributed by atoms with Crippen molar-refractivity contribution in [1.82, 2.24) is 0 Å². The molecule has 0 unspecified atom stereocenters. The Bertz CT molecular complexity index is 1900. The molecule has 1 aliphatic rings. The lowest BCUT2D eigenvalue weighted by Gasteiger charge is -2.33. The maximum absolute atomic E-state index is 2.64. The maximum atomic E-state index is 2.64. The van der Waals surface area contributed by atoms with Crippen molar-refractivity contribution in [3.05, 3.63) is 139 Å². The van der Waals surface area contributed by atoms with Crippen LogP contribution in [0.4, 0.5) is 0 Å². The van der Waals surface area contributed by atoms with Crippen LogP contribution in [0.5, 0.6) is 0 Å². The molecule has 0 saturated heterocycles. The van der Waals surface area contributed by atoms with E-state index in [1.54, 1.807) is 5.57 Å². The van der Waals surface area contributed by atoms with E-state index in [2.05, 4.69) is 148 Å². The highest BCUT2D eigenvalue weighted by atomic mass is 31.2. The van der Waals surface area contributed by atoms with Gasteiger partial charge in [-0.1, -0.05) is 141 Å². The fourth-order valence-corrected chi connectivity index (χ4v) is 11.4. The molecule has 2 heteroatoms. The van der Waals surface area contributed by atoms with Crippen LogP contribution in [0.25, 0.3) is 37.9 Å². The number of hydrogen-bond donors (Lipinski definition) is 0. The second kappa shape index (κ2) is 12.4. The molecule has 0 heterocycles. The molecule has 0 amide bonds. The van der Waals surface area contributed by atoms with Crippen molar-refractivity contribution in [1.29, 1.82) is 0 Å². The van der Waals surface area contributed by atoms with Crippen LogP contribution in [0, 0.1) is 5.92 Å². The minimum atomic E-state index is -1.56. The van der Waals surface area contributed by atoms with Crippen molar-refractivity contribution in [3.63, 3.8) is 0 Å². The quantitative estimate of drug-likeness (QED) is 0.128. The van der Waals surface area contributed by atoms with Gasteiger partial charge in [0, 0.05) is 13.3 Å². The van der Waals surface area contributed by atoms with Crippen LogP contribution < -0.4 is 10.9 Å². The highest BCUT2D eigenvalue weighted by molar-refractivity contribution is 8.06. The van der Waals surface area contributed by atoms with Gasteiger partial charge in [0.2, 0.25) is 0 Å². The second-order valence-corrected chi connectivity index (χ2v) is 18.0. The van der Waals surface area contributed by atoms with Crippen molar-refractivity contribution >= 4 is 62.4 Å². The summed E-state index contributed by atoms with van der Waals surface area (Å²) >= 11 is 0. The molecule has 0 bridgehead atoms. The number of benzene rings is 6. The minimum Gasteiger partial charge on any atom is -0.0627 e. The van der Waals surface area contributed by atoms with Gasteiger partial charge in [0.1, 0.15) is 0 Å². The van der Waals surface area contributed by atoms with Gasteiger partial charge in [0.05, 0.1) is 6.16 Å². The molecule has 1 fully saturated rings. The summed E-state index contributed by atoms with van der Waals surface area (Å²) in [7, 11) is -1.56. The smallest absolute Gasteiger partial charge is 0.0627 e. The zero-order chi connectivity index (χ0) is 30.1. The van der Waals surface area contributed by atoms with Crippen LogP contribution >= 0.6 is 7.14 Å².